The largest absolute Gasteiger partial charge is 0.385 e. The first-order valence-electron chi connectivity index (χ1n) is 6.07. The van der Waals surface area contributed by atoms with E-state index in [4.69, 9.17) is 0 Å². The number of hydrogen-bond donors (Lipinski definition) is 1. The molecule has 0 heterocycles. The molecule has 0 aromatic carbocycles. The minimum atomic E-state index is -0.402. The molecule has 0 aromatic rings. The molecule has 1 heteroatoms. The Labute approximate surface area is 92.2 Å². The molecule has 0 unspecified atom stereocenters. The van der Waals surface area contributed by atoms with Gasteiger partial charge in [0.15, 0.2) is 0 Å². The highest BCUT2D eigenvalue weighted by Crippen LogP contribution is 2.31. The first-order chi connectivity index (χ1) is 7.36. The van der Waals surface area contributed by atoms with Gasteiger partial charge < -0.3 is 5.11 Å². The lowest BCUT2D eigenvalue weighted by Gasteiger charge is -2.26. The summed E-state index contributed by atoms with van der Waals surface area (Å²) in [6.07, 6.45) is 18.6. The summed E-state index contributed by atoms with van der Waals surface area (Å²) in [5.41, 5.74) is 0. The molecule has 2 atom stereocenters. The Hall–Kier alpha value is -0.820. The highest BCUT2D eigenvalue weighted by atomic mass is 16.3. The van der Waals surface area contributed by atoms with Crippen LogP contribution in [-0.4, -0.2) is 11.2 Å². The molecule has 0 amide bonds. The Morgan fingerprint density at radius 3 is 2.33 bits per heavy atom. The number of allylic oxidation sites excluding steroid dienone is 4. The Kier molecular flexibility index (Phi) is 3.79. The van der Waals surface area contributed by atoms with Crippen LogP contribution in [0.5, 0.6) is 0 Å². The Morgan fingerprint density at radius 2 is 1.53 bits per heavy atom. The molecular formula is C14H20O. The van der Waals surface area contributed by atoms with Crippen LogP contribution in [0, 0.1) is 11.8 Å². The molecule has 0 aliphatic heterocycles. The fourth-order valence-electron chi connectivity index (χ4n) is 2.57. The summed E-state index contributed by atoms with van der Waals surface area (Å²) in [5, 5.41) is 9.52. The lowest BCUT2D eigenvalue weighted by Crippen LogP contribution is -2.15. The lowest BCUT2D eigenvalue weighted by molar-refractivity contribution is 0.268. The Morgan fingerprint density at radius 1 is 0.800 bits per heavy atom. The standard InChI is InChI=1S/C14H20O/c15-14-9-5-4-8-13(10-11-14)12-6-2-1-3-7-12/h4-5,8-15H,1-3,6-7H2/b8-4?,9-5-,11-10?/t13-,14-/m0/s1. The van der Waals surface area contributed by atoms with Gasteiger partial charge in [-0.1, -0.05) is 55.7 Å². The van der Waals surface area contributed by atoms with Crippen molar-refractivity contribution in [2.75, 3.05) is 0 Å². The normalized spacial score (nSPS) is 34.7. The van der Waals surface area contributed by atoms with Crippen molar-refractivity contribution >= 4 is 0 Å². The third kappa shape index (κ3) is 3.07. The molecule has 0 spiro atoms. The molecule has 1 saturated carbocycles. The highest BCUT2D eigenvalue weighted by Gasteiger charge is 2.19. The van der Waals surface area contributed by atoms with Crippen LogP contribution in [0.15, 0.2) is 36.5 Å². The zero-order valence-corrected chi connectivity index (χ0v) is 9.18. The number of aliphatic hydroxyl groups is 1. The average Bonchev–Trinajstić information content (AvgIpc) is 2.25. The zero-order chi connectivity index (χ0) is 10.5. The third-order valence-electron chi connectivity index (χ3n) is 3.48. The monoisotopic (exact) mass is 204 g/mol. The summed E-state index contributed by atoms with van der Waals surface area (Å²) in [5.74, 6) is 1.33. The minimum Gasteiger partial charge on any atom is -0.385 e. The van der Waals surface area contributed by atoms with Crippen molar-refractivity contribution in [3.63, 3.8) is 0 Å². The SMILES string of the molecule is O[C@@H]1C=C[C@@H](C2CCCCC2)C=C/C=C\1. The molecule has 2 rings (SSSR count). The molecule has 0 bridgehead atoms. The maximum atomic E-state index is 9.52. The smallest absolute Gasteiger partial charge is 0.0905 e. The van der Waals surface area contributed by atoms with Crippen LogP contribution in [0.4, 0.5) is 0 Å². The number of aliphatic hydroxyl groups excluding tert-OH is 1. The highest BCUT2D eigenvalue weighted by molar-refractivity contribution is 5.17. The first-order valence-corrected chi connectivity index (χ1v) is 6.07. The molecule has 82 valence electrons. The van der Waals surface area contributed by atoms with Gasteiger partial charge in [-0.2, -0.15) is 0 Å². The van der Waals surface area contributed by atoms with Crippen molar-refractivity contribution in [1.82, 2.24) is 0 Å². The second-order valence-corrected chi connectivity index (χ2v) is 4.62. The van der Waals surface area contributed by atoms with Crippen molar-refractivity contribution in [2.24, 2.45) is 11.8 Å². The van der Waals surface area contributed by atoms with Gasteiger partial charge >= 0.3 is 0 Å². The van der Waals surface area contributed by atoms with Gasteiger partial charge in [0.1, 0.15) is 0 Å². The Balaban J connectivity index is 2.03. The van der Waals surface area contributed by atoms with Crippen LogP contribution in [0.2, 0.25) is 0 Å². The fourth-order valence-corrected chi connectivity index (χ4v) is 2.57. The van der Waals surface area contributed by atoms with E-state index < -0.39 is 6.10 Å². The fraction of sp³-hybridized carbons (Fsp3) is 0.571. The van der Waals surface area contributed by atoms with E-state index in [0.29, 0.717) is 5.92 Å². The van der Waals surface area contributed by atoms with Gasteiger partial charge in [0.05, 0.1) is 6.10 Å². The summed E-state index contributed by atoms with van der Waals surface area (Å²) in [7, 11) is 0. The summed E-state index contributed by atoms with van der Waals surface area (Å²) >= 11 is 0. The van der Waals surface area contributed by atoms with E-state index in [1.165, 1.54) is 32.1 Å². The number of rotatable bonds is 1. The van der Waals surface area contributed by atoms with Crippen LogP contribution in [0.1, 0.15) is 32.1 Å². The maximum absolute atomic E-state index is 9.52. The molecule has 0 saturated heterocycles. The van der Waals surface area contributed by atoms with Crippen molar-refractivity contribution in [1.29, 1.82) is 0 Å². The van der Waals surface area contributed by atoms with Crippen molar-refractivity contribution in [3.05, 3.63) is 36.5 Å². The molecule has 0 aromatic heterocycles. The van der Waals surface area contributed by atoms with Gasteiger partial charge in [0, 0.05) is 0 Å². The van der Waals surface area contributed by atoms with Crippen LogP contribution >= 0.6 is 0 Å². The topological polar surface area (TPSA) is 20.2 Å². The predicted molar refractivity (Wildman–Crippen MR) is 63.5 cm³/mol. The van der Waals surface area contributed by atoms with Crippen LogP contribution in [0.25, 0.3) is 0 Å². The van der Waals surface area contributed by atoms with Crippen LogP contribution < -0.4 is 0 Å². The van der Waals surface area contributed by atoms with Gasteiger partial charge in [-0.3, -0.25) is 0 Å². The third-order valence-corrected chi connectivity index (χ3v) is 3.48. The molecule has 2 aliphatic carbocycles. The Bertz CT molecular complexity index is 269. The molecule has 1 fully saturated rings. The molecule has 1 N–H and O–H groups in total. The molecule has 2 aliphatic rings. The van der Waals surface area contributed by atoms with E-state index in [2.05, 4.69) is 18.2 Å². The van der Waals surface area contributed by atoms with E-state index in [-0.39, 0.29) is 0 Å². The zero-order valence-electron chi connectivity index (χ0n) is 9.18. The van der Waals surface area contributed by atoms with Crippen molar-refractivity contribution in [2.45, 2.75) is 38.2 Å². The van der Waals surface area contributed by atoms with E-state index in [1.807, 2.05) is 18.2 Å². The average molecular weight is 204 g/mol. The number of hydrogen-bond acceptors (Lipinski definition) is 1. The quantitative estimate of drug-likeness (QED) is 0.650. The van der Waals surface area contributed by atoms with Gasteiger partial charge in [-0.25, -0.2) is 0 Å². The summed E-state index contributed by atoms with van der Waals surface area (Å²) in [6, 6.07) is 0. The predicted octanol–water partition coefficient (Wildman–Crippen LogP) is 3.23. The lowest BCUT2D eigenvalue weighted by atomic mass is 9.79. The summed E-state index contributed by atoms with van der Waals surface area (Å²) in [6.45, 7) is 0. The van der Waals surface area contributed by atoms with E-state index in [9.17, 15) is 5.11 Å². The van der Waals surface area contributed by atoms with Gasteiger partial charge in [0.25, 0.3) is 0 Å². The second kappa shape index (κ2) is 5.32. The van der Waals surface area contributed by atoms with Crippen LogP contribution in [-0.2, 0) is 0 Å². The molecular weight excluding hydrogens is 184 g/mol. The first kappa shape index (κ1) is 10.7. The van der Waals surface area contributed by atoms with Gasteiger partial charge in [0.2, 0.25) is 0 Å². The van der Waals surface area contributed by atoms with Gasteiger partial charge in [-0.15, -0.1) is 0 Å². The molecule has 0 radical (unpaired) electrons. The second-order valence-electron chi connectivity index (χ2n) is 4.62. The van der Waals surface area contributed by atoms with E-state index >= 15 is 0 Å². The molecule has 1 nitrogen and oxygen atoms in total. The van der Waals surface area contributed by atoms with Gasteiger partial charge in [-0.05, 0) is 24.7 Å². The maximum Gasteiger partial charge on any atom is 0.0905 e. The van der Waals surface area contributed by atoms with Crippen molar-refractivity contribution < 1.29 is 5.11 Å². The van der Waals surface area contributed by atoms with Crippen molar-refractivity contribution in [3.8, 4) is 0 Å². The summed E-state index contributed by atoms with van der Waals surface area (Å²) < 4.78 is 0. The minimum absolute atomic E-state index is 0.402. The van der Waals surface area contributed by atoms with E-state index in [1.54, 1.807) is 0 Å². The molecule has 15 heavy (non-hydrogen) atoms. The summed E-state index contributed by atoms with van der Waals surface area (Å²) in [4.78, 5) is 0. The van der Waals surface area contributed by atoms with Crippen LogP contribution in [0.3, 0.4) is 0 Å². The van der Waals surface area contributed by atoms with E-state index in [0.717, 1.165) is 5.92 Å².